The minimum atomic E-state index is -0.462. The minimum absolute atomic E-state index is 0.0360. The van der Waals surface area contributed by atoms with Crippen LogP contribution in [0.1, 0.15) is 25.8 Å². The number of carbonyl (C=O) groups is 1. The number of likely N-dealkylation sites (tertiary alicyclic amines) is 1. The molecule has 1 fully saturated rings. The van der Waals surface area contributed by atoms with Crippen molar-refractivity contribution in [2.75, 3.05) is 26.2 Å². The summed E-state index contributed by atoms with van der Waals surface area (Å²) in [5.41, 5.74) is 7.11. The molecule has 4 nitrogen and oxygen atoms in total. The predicted molar refractivity (Wildman–Crippen MR) is 90.5 cm³/mol. The lowest BCUT2D eigenvalue weighted by molar-refractivity contribution is -0.122. The fourth-order valence-electron chi connectivity index (χ4n) is 3.10. The number of rotatable bonds is 7. The van der Waals surface area contributed by atoms with E-state index in [0.717, 1.165) is 31.7 Å². The molecule has 3 N–H and O–H groups in total. The zero-order valence-electron chi connectivity index (χ0n) is 13.8. The molecule has 1 aliphatic heterocycles. The minimum Gasteiger partial charge on any atom is -0.354 e. The fourth-order valence-corrected chi connectivity index (χ4v) is 3.10. The molecule has 1 aromatic carbocycles. The summed E-state index contributed by atoms with van der Waals surface area (Å²) >= 11 is 0. The Morgan fingerprint density at radius 3 is 2.77 bits per heavy atom. The van der Waals surface area contributed by atoms with Crippen molar-refractivity contribution in [1.29, 1.82) is 0 Å². The van der Waals surface area contributed by atoms with Crippen molar-refractivity contribution >= 4 is 5.91 Å². The van der Waals surface area contributed by atoms with Gasteiger partial charge >= 0.3 is 0 Å². The summed E-state index contributed by atoms with van der Waals surface area (Å²) in [6, 6.07) is 9.47. The number of hydrogen-bond donors (Lipinski definition) is 2. The molecule has 1 aromatic rings. The highest BCUT2D eigenvalue weighted by Gasteiger charge is 2.24. The molecule has 2 atom stereocenters. The third-order valence-electron chi connectivity index (χ3n) is 4.19. The molecule has 0 aromatic heterocycles. The summed E-state index contributed by atoms with van der Waals surface area (Å²) in [4.78, 5) is 14.6. The molecular formula is C18H29N3O. The average Bonchev–Trinajstić information content (AvgIpc) is 2.92. The van der Waals surface area contributed by atoms with Gasteiger partial charge in [-0.1, -0.05) is 44.2 Å². The molecule has 0 spiro atoms. The Morgan fingerprint density at radius 2 is 2.09 bits per heavy atom. The summed E-state index contributed by atoms with van der Waals surface area (Å²) < 4.78 is 0. The van der Waals surface area contributed by atoms with Crippen LogP contribution in [0.5, 0.6) is 0 Å². The smallest absolute Gasteiger partial charge is 0.237 e. The molecule has 0 radical (unpaired) electrons. The van der Waals surface area contributed by atoms with Crippen LogP contribution in [0, 0.1) is 11.8 Å². The van der Waals surface area contributed by atoms with Crippen molar-refractivity contribution in [1.82, 2.24) is 10.2 Å². The molecule has 1 saturated heterocycles. The lowest BCUT2D eigenvalue weighted by Crippen LogP contribution is -2.44. The summed E-state index contributed by atoms with van der Waals surface area (Å²) in [6.07, 6.45) is 1.76. The summed E-state index contributed by atoms with van der Waals surface area (Å²) in [5.74, 6) is 1.23. The van der Waals surface area contributed by atoms with Gasteiger partial charge in [-0.2, -0.15) is 0 Å². The second-order valence-corrected chi connectivity index (χ2v) is 6.85. The maximum Gasteiger partial charge on any atom is 0.237 e. The van der Waals surface area contributed by atoms with Gasteiger partial charge in [0.05, 0.1) is 6.04 Å². The van der Waals surface area contributed by atoms with E-state index < -0.39 is 6.04 Å². The van der Waals surface area contributed by atoms with Crippen LogP contribution >= 0.6 is 0 Å². The SMILES string of the molecule is CC(C)CN1CCC(CNC(=O)C(N)Cc2ccccc2)C1. The number of nitrogens with two attached hydrogens (primary N) is 1. The van der Waals surface area contributed by atoms with Gasteiger partial charge in [-0.05, 0) is 36.8 Å². The van der Waals surface area contributed by atoms with Crippen LogP contribution in [0.15, 0.2) is 30.3 Å². The first-order valence-corrected chi connectivity index (χ1v) is 8.34. The molecule has 122 valence electrons. The van der Waals surface area contributed by atoms with Crippen LogP contribution in [-0.2, 0) is 11.2 Å². The van der Waals surface area contributed by atoms with Gasteiger partial charge < -0.3 is 16.0 Å². The molecule has 1 heterocycles. The monoisotopic (exact) mass is 303 g/mol. The number of carbonyl (C=O) groups excluding carboxylic acids is 1. The van der Waals surface area contributed by atoms with Crippen LogP contribution in [0.25, 0.3) is 0 Å². The Labute approximate surface area is 134 Å². The van der Waals surface area contributed by atoms with Crippen LogP contribution in [0.3, 0.4) is 0 Å². The Hall–Kier alpha value is -1.39. The van der Waals surface area contributed by atoms with E-state index in [1.807, 2.05) is 30.3 Å². The molecule has 4 heteroatoms. The third-order valence-corrected chi connectivity index (χ3v) is 4.19. The van der Waals surface area contributed by atoms with Crippen LogP contribution in [0.4, 0.5) is 0 Å². The molecule has 1 aliphatic rings. The van der Waals surface area contributed by atoms with E-state index >= 15 is 0 Å². The summed E-state index contributed by atoms with van der Waals surface area (Å²) in [6.45, 7) is 8.63. The van der Waals surface area contributed by atoms with E-state index in [1.165, 1.54) is 6.42 Å². The van der Waals surface area contributed by atoms with Gasteiger partial charge in [0.1, 0.15) is 0 Å². The second-order valence-electron chi connectivity index (χ2n) is 6.85. The van der Waals surface area contributed by atoms with Crippen molar-refractivity contribution in [3.05, 3.63) is 35.9 Å². The standard InChI is InChI=1S/C18H29N3O/c1-14(2)12-21-9-8-16(13-21)11-20-18(22)17(19)10-15-6-4-3-5-7-15/h3-7,14,16-17H,8-13,19H2,1-2H3,(H,20,22). The number of nitrogens with zero attached hydrogens (tertiary/aromatic N) is 1. The average molecular weight is 303 g/mol. The normalized spacial score (nSPS) is 20.3. The van der Waals surface area contributed by atoms with Gasteiger partial charge in [0.25, 0.3) is 0 Å². The molecule has 0 aliphatic carbocycles. The molecular weight excluding hydrogens is 274 g/mol. The maximum atomic E-state index is 12.1. The highest BCUT2D eigenvalue weighted by Crippen LogP contribution is 2.16. The van der Waals surface area contributed by atoms with Gasteiger partial charge in [0.15, 0.2) is 0 Å². The predicted octanol–water partition coefficient (Wildman–Crippen LogP) is 1.65. The Morgan fingerprint density at radius 1 is 1.36 bits per heavy atom. The fraction of sp³-hybridized carbons (Fsp3) is 0.611. The van der Waals surface area contributed by atoms with E-state index in [1.54, 1.807) is 0 Å². The second kappa shape index (κ2) is 8.30. The highest BCUT2D eigenvalue weighted by atomic mass is 16.2. The van der Waals surface area contributed by atoms with Crippen LogP contribution in [0.2, 0.25) is 0 Å². The first-order valence-electron chi connectivity index (χ1n) is 8.34. The Kier molecular flexibility index (Phi) is 6.40. The lowest BCUT2D eigenvalue weighted by Gasteiger charge is -2.19. The van der Waals surface area contributed by atoms with E-state index in [-0.39, 0.29) is 5.91 Å². The van der Waals surface area contributed by atoms with Crippen LogP contribution in [-0.4, -0.2) is 43.0 Å². The van der Waals surface area contributed by atoms with E-state index in [9.17, 15) is 4.79 Å². The molecule has 1 amide bonds. The quantitative estimate of drug-likeness (QED) is 0.805. The van der Waals surface area contributed by atoms with Crippen molar-refractivity contribution in [2.24, 2.45) is 17.6 Å². The van der Waals surface area contributed by atoms with Crippen molar-refractivity contribution in [2.45, 2.75) is 32.7 Å². The molecule has 2 rings (SSSR count). The van der Waals surface area contributed by atoms with E-state index in [4.69, 9.17) is 5.73 Å². The molecule has 0 bridgehead atoms. The van der Waals surface area contributed by atoms with E-state index in [2.05, 4.69) is 24.1 Å². The molecule has 22 heavy (non-hydrogen) atoms. The van der Waals surface area contributed by atoms with E-state index in [0.29, 0.717) is 18.3 Å². The van der Waals surface area contributed by atoms with Gasteiger partial charge in [0, 0.05) is 19.6 Å². The molecule has 0 saturated carbocycles. The zero-order chi connectivity index (χ0) is 15.9. The summed E-state index contributed by atoms with van der Waals surface area (Å²) in [7, 11) is 0. The number of benzene rings is 1. The van der Waals surface area contributed by atoms with Crippen molar-refractivity contribution < 1.29 is 4.79 Å². The zero-order valence-corrected chi connectivity index (χ0v) is 13.8. The first kappa shape index (κ1) is 17.0. The topological polar surface area (TPSA) is 58.4 Å². The number of nitrogens with one attached hydrogen (secondary N) is 1. The Balaban J connectivity index is 1.69. The lowest BCUT2D eigenvalue weighted by atomic mass is 10.1. The third kappa shape index (κ3) is 5.43. The number of amides is 1. The van der Waals surface area contributed by atoms with Crippen molar-refractivity contribution in [3.63, 3.8) is 0 Å². The largest absolute Gasteiger partial charge is 0.354 e. The summed E-state index contributed by atoms with van der Waals surface area (Å²) in [5, 5.41) is 3.03. The molecule has 2 unspecified atom stereocenters. The van der Waals surface area contributed by atoms with Gasteiger partial charge in [-0.3, -0.25) is 4.79 Å². The highest BCUT2D eigenvalue weighted by molar-refractivity contribution is 5.81. The first-order chi connectivity index (χ1) is 10.5. The van der Waals surface area contributed by atoms with Gasteiger partial charge in [0.2, 0.25) is 5.91 Å². The number of hydrogen-bond acceptors (Lipinski definition) is 3. The van der Waals surface area contributed by atoms with Crippen molar-refractivity contribution in [3.8, 4) is 0 Å². The maximum absolute atomic E-state index is 12.1. The van der Waals surface area contributed by atoms with Gasteiger partial charge in [-0.15, -0.1) is 0 Å². The Bertz CT molecular complexity index is 461. The van der Waals surface area contributed by atoms with Gasteiger partial charge in [-0.25, -0.2) is 0 Å². The van der Waals surface area contributed by atoms with Crippen LogP contribution < -0.4 is 11.1 Å².